The van der Waals surface area contributed by atoms with Gasteiger partial charge in [0.25, 0.3) is 0 Å². The van der Waals surface area contributed by atoms with Crippen LogP contribution in [-0.4, -0.2) is 30.2 Å². The summed E-state index contributed by atoms with van der Waals surface area (Å²) >= 11 is 0. The minimum atomic E-state index is -4.78. The number of halogens is 5. The predicted octanol–water partition coefficient (Wildman–Crippen LogP) is 5.99. The lowest BCUT2D eigenvalue weighted by Gasteiger charge is -2.25. The van der Waals surface area contributed by atoms with E-state index >= 15 is 0 Å². The van der Waals surface area contributed by atoms with Crippen molar-refractivity contribution in [1.29, 1.82) is 0 Å². The van der Waals surface area contributed by atoms with Crippen molar-refractivity contribution in [2.75, 3.05) is 13.1 Å². The van der Waals surface area contributed by atoms with E-state index in [9.17, 15) is 17.6 Å². The van der Waals surface area contributed by atoms with Crippen molar-refractivity contribution < 1.29 is 22.3 Å². The van der Waals surface area contributed by atoms with E-state index in [4.69, 9.17) is 5.73 Å². The highest BCUT2D eigenvalue weighted by atomic mass is 35.5. The average molecular weight is 468 g/mol. The van der Waals surface area contributed by atoms with Gasteiger partial charge in [0, 0.05) is 11.8 Å². The Labute approximate surface area is 189 Å². The molecule has 0 spiro atoms. The zero-order chi connectivity index (χ0) is 22.0. The topological polar surface area (TPSA) is 52.5 Å². The molecule has 3 aromatic rings. The van der Waals surface area contributed by atoms with Crippen LogP contribution in [0.1, 0.15) is 24.6 Å². The van der Waals surface area contributed by atoms with Gasteiger partial charge in [-0.05, 0) is 73.0 Å². The molecule has 2 N–H and O–H groups in total. The summed E-state index contributed by atoms with van der Waals surface area (Å²) in [5.41, 5.74) is 9.38. The summed E-state index contributed by atoms with van der Waals surface area (Å²) in [7, 11) is 0. The molecule has 0 unspecified atom stereocenters. The number of ether oxygens (including phenoxy) is 1. The van der Waals surface area contributed by atoms with Crippen molar-refractivity contribution in [2.45, 2.75) is 25.2 Å². The first-order valence-corrected chi connectivity index (χ1v) is 9.93. The van der Waals surface area contributed by atoms with Gasteiger partial charge >= 0.3 is 6.36 Å². The number of nitrogens with zero attached hydrogens (tertiary/aromatic N) is 2. The summed E-state index contributed by atoms with van der Waals surface area (Å²) in [4.78, 5) is 4.45. The third-order valence-electron chi connectivity index (χ3n) is 5.21. The second kappa shape index (κ2) is 9.75. The third-order valence-corrected chi connectivity index (χ3v) is 5.21. The molecule has 1 atom stereocenters. The third kappa shape index (κ3) is 5.14. The molecule has 0 fully saturated rings. The maximum atomic E-state index is 13.6. The molecule has 4 nitrogen and oxygen atoms in total. The van der Waals surface area contributed by atoms with Gasteiger partial charge in [0.1, 0.15) is 11.6 Å². The van der Waals surface area contributed by atoms with E-state index in [-0.39, 0.29) is 30.0 Å². The first kappa shape index (κ1) is 23.8. The molecule has 170 valence electrons. The summed E-state index contributed by atoms with van der Waals surface area (Å²) in [6, 6.07) is 13.9. The van der Waals surface area contributed by atoms with Crippen LogP contribution in [0.4, 0.5) is 17.6 Å². The van der Waals surface area contributed by atoms with Gasteiger partial charge in [-0.25, -0.2) is 4.39 Å². The van der Waals surface area contributed by atoms with Crippen LogP contribution >= 0.6 is 12.4 Å². The highest BCUT2D eigenvalue weighted by molar-refractivity contribution is 5.90. The van der Waals surface area contributed by atoms with E-state index in [2.05, 4.69) is 14.3 Å². The Morgan fingerprint density at radius 2 is 1.81 bits per heavy atom. The van der Waals surface area contributed by atoms with Crippen molar-refractivity contribution in [3.63, 3.8) is 0 Å². The van der Waals surface area contributed by atoms with Gasteiger partial charge in [0.15, 0.2) is 0 Å². The quantitative estimate of drug-likeness (QED) is 0.452. The van der Waals surface area contributed by atoms with Crippen LogP contribution in [0.2, 0.25) is 0 Å². The van der Waals surface area contributed by atoms with Crippen molar-refractivity contribution in [1.82, 2.24) is 4.57 Å². The Hall–Kier alpha value is -2.84. The standard InChI is InChI=1S/C23H21F4N3O.ClH/c24-17-8-6-15(7-9-17)22-21(16-3-1-5-20(11-16)31-23(25,26)27)12-19-14-29-13-18(30(19)22)4-2-10-28;/h1,3,5-9,11-12,14,18H,2,4,10,13,28H2;1H/t18-;/m0./s1. The van der Waals surface area contributed by atoms with Gasteiger partial charge < -0.3 is 15.0 Å². The smallest absolute Gasteiger partial charge is 0.406 e. The minimum Gasteiger partial charge on any atom is -0.406 e. The van der Waals surface area contributed by atoms with Crippen molar-refractivity contribution in [2.24, 2.45) is 10.7 Å². The average Bonchev–Trinajstić information content (AvgIpc) is 3.12. The highest BCUT2D eigenvalue weighted by Gasteiger charge is 2.31. The SMILES string of the molecule is Cl.NCCC[C@H]1CN=Cc2cc(-c3cccc(OC(F)(F)F)c3)c(-c3ccc(F)cc3)n21. The largest absolute Gasteiger partial charge is 0.573 e. The van der Waals surface area contributed by atoms with Gasteiger partial charge in [-0.3, -0.25) is 4.99 Å². The Morgan fingerprint density at radius 3 is 2.50 bits per heavy atom. The summed E-state index contributed by atoms with van der Waals surface area (Å²) < 4.78 is 58.0. The fourth-order valence-corrected chi connectivity index (χ4v) is 3.94. The van der Waals surface area contributed by atoms with Gasteiger partial charge in [-0.15, -0.1) is 25.6 Å². The number of fused-ring (bicyclic) bond motifs is 1. The molecule has 9 heteroatoms. The van der Waals surface area contributed by atoms with Gasteiger partial charge in [-0.2, -0.15) is 0 Å². The lowest BCUT2D eigenvalue weighted by molar-refractivity contribution is -0.274. The van der Waals surface area contributed by atoms with E-state index in [1.807, 2.05) is 6.07 Å². The summed E-state index contributed by atoms with van der Waals surface area (Å²) in [5.74, 6) is -0.662. The van der Waals surface area contributed by atoms with Gasteiger partial charge in [0.05, 0.1) is 24.0 Å². The zero-order valence-electron chi connectivity index (χ0n) is 17.0. The number of aromatic nitrogens is 1. The van der Waals surface area contributed by atoms with Crippen LogP contribution < -0.4 is 10.5 Å². The van der Waals surface area contributed by atoms with Crippen molar-refractivity contribution in [3.05, 3.63) is 66.1 Å². The van der Waals surface area contributed by atoms with Gasteiger partial charge in [0.2, 0.25) is 0 Å². The molecule has 32 heavy (non-hydrogen) atoms. The fourth-order valence-electron chi connectivity index (χ4n) is 3.94. The van der Waals surface area contributed by atoms with E-state index < -0.39 is 6.36 Å². The first-order chi connectivity index (χ1) is 14.9. The van der Waals surface area contributed by atoms with Gasteiger partial charge in [-0.1, -0.05) is 12.1 Å². The van der Waals surface area contributed by atoms with Crippen LogP contribution in [0.15, 0.2) is 59.6 Å². The molecule has 2 heterocycles. The molecule has 0 saturated carbocycles. The Kier molecular flexibility index (Phi) is 7.26. The van der Waals surface area contributed by atoms with Crippen molar-refractivity contribution >= 4 is 18.6 Å². The maximum Gasteiger partial charge on any atom is 0.573 e. The number of aliphatic imine (C=N–C) groups is 1. The Balaban J connectivity index is 0.00000289. The molecule has 0 radical (unpaired) electrons. The van der Waals surface area contributed by atoms with E-state index in [0.29, 0.717) is 18.7 Å². The summed E-state index contributed by atoms with van der Waals surface area (Å²) in [5, 5.41) is 0. The lowest BCUT2D eigenvalue weighted by atomic mass is 10.0. The molecule has 4 rings (SSSR count). The molecule has 1 aliphatic rings. The molecule has 2 aromatic carbocycles. The summed E-state index contributed by atoms with van der Waals surface area (Å²) in [6.45, 7) is 1.12. The minimum absolute atomic E-state index is 0. The molecule has 0 amide bonds. The Morgan fingerprint density at radius 1 is 1.06 bits per heavy atom. The molecular weight excluding hydrogens is 446 g/mol. The number of hydrogen-bond acceptors (Lipinski definition) is 3. The first-order valence-electron chi connectivity index (χ1n) is 9.93. The molecule has 0 aliphatic carbocycles. The van der Waals surface area contributed by atoms with Crippen LogP contribution in [-0.2, 0) is 0 Å². The zero-order valence-corrected chi connectivity index (χ0v) is 17.8. The number of nitrogens with two attached hydrogens (primary N) is 1. The normalized spacial score (nSPS) is 15.2. The monoisotopic (exact) mass is 467 g/mol. The second-order valence-electron chi connectivity index (χ2n) is 7.36. The van der Waals surface area contributed by atoms with Crippen LogP contribution in [0.25, 0.3) is 22.4 Å². The number of alkyl halides is 3. The molecule has 0 bridgehead atoms. The fraction of sp³-hybridized carbons (Fsp3) is 0.261. The van der Waals surface area contributed by atoms with Crippen LogP contribution in [0.3, 0.4) is 0 Å². The molecular formula is C23H22ClF4N3O. The van der Waals surface area contributed by atoms with Crippen molar-refractivity contribution in [3.8, 4) is 28.1 Å². The lowest BCUT2D eigenvalue weighted by Crippen LogP contribution is -2.21. The van der Waals surface area contributed by atoms with E-state index in [0.717, 1.165) is 35.4 Å². The molecule has 0 saturated heterocycles. The Bertz CT molecular complexity index is 1090. The summed E-state index contributed by atoms with van der Waals surface area (Å²) in [6.07, 6.45) is -1.41. The number of hydrogen-bond donors (Lipinski definition) is 1. The second-order valence-corrected chi connectivity index (χ2v) is 7.36. The van der Waals surface area contributed by atoms with Crippen LogP contribution in [0, 0.1) is 5.82 Å². The molecule has 1 aliphatic heterocycles. The van der Waals surface area contributed by atoms with E-state index in [1.54, 1.807) is 24.4 Å². The highest BCUT2D eigenvalue weighted by Crippen LogP contribution is 2.40. The number of benzene rings is 2. The molecule has 1 aromatic heterocycles. The number of rotatable bonds is 6. The van der Waals surface area contributed by atoms with Crippen LogP contribution in [0.5, 0.6) is 5.75 Å². The maximum absolute atomic E-state index is 13.6. The van der Waals surface area contributed by atoms with E-state index in [1.165, 1.54) is 30.3 Å². The predicted molar refractivity (Wildman–Crippen MR) is 119 cm³/mol.